The molecule has 1 N–H and O–H groups in total. The number of carbonyl (C=O) groups is 1. The first-order valence-corrected chi connectivity index (χ1v) is 8.85. The van der Waals surface area contributed by atoms with Gasteiger partial charge in [0.1, 0.15) is 10.8 Å². The van der Waals surface area contributed by atoms with Crippen LogP contribution in [-0.4, -0.2) is 30.8 Å². The minimum atomic E-state index is -3.43. The van der Waals surface area contributed by atoms with E-state index in [2.05, 4.69) is 10.3 Å². The molecule has 0 aliphatic heterocycles. The van der Waals surface area contributed by atoms with Crippen LogP contribution in [0.2, 0.25) is 0 Å². The maximum Gasteiger partial charge on any atom is 0.242 e. The molecule has 0 bridgehead atoms. The van der Waals surface area contributed by atoms with Crippen LogP contribution in [0, 0.1) is 0 Å². The van der Waals surface area contributed by atoms with Gasteiger partial charge in [-0.2, -0.15) is 0 Å². The average molecular weight is 324 g/mol. The number of aromatic nitrogens is 1. The summed E-state index contributed by atoms with van der Waals surface area (Å²) in [5, 5.41) is 1.48. The van der Waals surface area contributed by atoms with Crippen LogP contribution >= 0.6 is 0 Å². The lowest BCUT2D eigenvalue weighted by Crippen LogP contribution is -2.31. The summed E-state index contributed by atoms with van der Waals surface area (Å²) in [5.74, 6) is 0.0388. The number of benzene rings is 1. The highest BCUT2D eigenvalue weighted by atomic mass is 32.2. The number of amides is 1. The largest absolute Gasteiger partial charge is 0.440 e. The van der Waals surface area contributed by atoms with Crippen LogP contribution in [0.15, 0.2) is 22.6 Å². The van der Waals surface area contributed by atoms with E-state index >= 15 is 0 Å². The van der Waals surface area contributed by atoms with Crippen LogP contribution in [-0.2, 0) is 20.0 Å². The van der Waals surface area contributed by atoms with Gasteiger partial charge in [-0.1, -0.05) is 20.8 Å². The number of anilines is 1. The van der Waals surface area contributed by atoms with E-state index in [4.69, 9.17) is 4.42 Å². The Morgan fingerprint density at radius 2 is 1.95 bits per heavy atom. The predicted octanol–water partition coefficient (Wildman–Crippen LogP) is 2.50. The summed E-state index contributed by atoms with van der Waals surface area (Å²) in [6, 6.07) is 5.03. The molecule has 1 atom stereocenters. The summed E-state index contributed by atoms with van der Waals surface area (Å²) in [5.41, 5.74) is 1.52. The van der Waals surface area contributed by atoms with E-state index in [1.807, 2.05) is 20.8 Å². The summed E-state index contributed by atoms with van der Waals surface area (Å²) in [7, 11) is -3.43. The Hall–Kier alpha value is -1.89. The average Bonchev–Trinajstić information content (AvgIpc) is 2.79. The monoisotopic (exact) mass is 324 g/mol. The number of carbonyl (C=O) groups excluding carboxylic acids is 1. The van der Waals surface area contributed by atoms with Crippen molar-refractivity contribution in [2.45, 2.75) is 38.4 Å². The summed E-state index contributed by atoms with van der Waals surface area (Å²) in [6.07, 6.45) is 1.04. The Kier molecular flexibility index (Phi) is 4.04. The van der Waals surface area contributed by atoms with Crippen molar-refractivity contribution in [3.63, 3.8) is 0 Å². The van der Waals surface area contributed by atoms with Crippen molar-refractivity contribution in [3.05, 3.63) is 24.1 Å². The lowest BCUT2D eigenvalue weighted by atomic mass is 9.97. The maximum absolute atomic E-state index is 11.9. The number of oxazole rings is 1. The Morgan fingerprint density at radius 1 is 1.32 bits per heavy atom. The molecular formula is C15H20N2O4S. The van der Waals surface area contributed by atoms with E-state index in [0.717, 1.165) is 6.26 Å². The molecule has 0 aliphatic carbocycles. The second-order valence-corrected chi connectivity index (χ2v) is 8.78. The Bertz CT molecular complexity index is 816. The number of hydrogen-bond acceptors (Lipinski definition) is 5. The van der Waals surface area contributed by atoms with Crippen LogP contribution < -0.4 is 5.32 Å². The van der Waals surface area contributed by atoms with Gasteiger partial charge in [-0.25, -0.2) is 13.4 Å². The highest BCUT2D eigenvalue weighted by Gasteiger charge is 2.24. The van der Waals surface area contributed by atoms with E-state index < -0.39 is 21.0 Å². The van der Waals surface area contributed by atoms with Crippen LogP contribution in [0.5, 0.6) is 0 Å². The minimum Gasteiger partial charge on any atom is -0.440 e. The molecule has 0 aliphatic rings. The summed E-state index contributed by atoms with van der Waals surface area (Å²) in [6.45, 7) is 7.34. The quantitative estimate of drug-likeness (QED) is 0.937. The Balaban J connectivity index is 2.29. The van der Waals surface area contributed by atoms with Crippen molar-refractivity contribution in [1.82, 2.24) is 4.98 Å². The highest BCUT2D eigenvalue weighted by Crippen LogP contribution is 2.27. The fourth-order valence-corrected chi connectivity index (χ4v) is 2.21. The number of nitrogens with zero attached hydrogens (tertiary/aromatic N) is 1. The van der Waals surface area contributed by atoms with Gasteiger partial charge >= 0.3 is 0 Å². The Morgan fingerprint density at radius 3 is 2.50 bits per heavy atom. The van der Waals surface area contributed by atoms with Gasteiger partial charge in [0, 0.05) is 17.4 Å². The fourth-order valence-electron chi connectivity index (χ4n) is 1.76. The predicted molar refractivity (Wildman–Crippen MR) is 85.6 cm³/mol. The maximum atomic E-state index is 11.9. The third kappa shape index (κ3) is 3.47. The van der Waals surface area contributed by atoms with E-state index in [0.29, 0.717) is 22.7 Å². The second kappa shape index (κ2) is 5.39. The lowest BCUT2D eigenvalue weighted by Gasteiger charge is -2.11. The van der Waals surface area contributed by atoms with Crippen LogP contribution in [0.1, 0.15) is 33.6 Å². The molecule has 0 saturated carbocycles. The summed E-state index contributed by atoms with van der Waals surface area (Å²) >= 11 is 0. The van der Waals surface area contributed by atoms with Crippen molar-refractivity contribution in [1.29, 1.82) is 0 Å². The molecule has 0 spiro atoms. The highest BCUT2D eigenvalue weighted by molar-refractivity contribution is 7.92. The molecule has 2 rings (SSSR count). The zero-order valence-corrected chi connectivity index (χ0v) is 14.1. The molecule has 0 saturated heterocycles. The Labute approximate surface area is 129 Å². The number of sulfone groups is 1. The van der Waals surface area contributed by atoms with E-state index in [-0.39, 0.29) is 5.41 Å². The molecular weight excluding hydrogens is 304 g/mol. The molecule has 120 valence electrons. The molecule has 0 radical (unpaired) electrons. The van der Waals surface area contributed by atoms with Gasteiger partial charge in [0.2, 0.25) is 11.8 Å². The van der Waals surface area contributed by atoms with Gasteiger partial charge in [0.25, 0.3) is 0 Å². The number of hydrogen-bond donors (Lipinski definition) is 1. The van der Waals surface area contributed by atoms with Crippen molar-refractivity contribution in [2.75, 3.05) is 11.6 Å². The molecule has 1 aromatic carbocycles. The second-order valence-electron chi connectivity index (χ2n) is 6.41. The van der Waals surface area contributed by atoms with Crippen molar-refractivity contribution in [3.8, 4) is 0 Å². The topological polar surface area (TPSA) is 89.3 Å². The SMILES string of the molecule is CC(C(=O)Nc1ccc2oc(C(C)(C)C)nc2c1)S(C)(=O)=O. The smallest absolute Gasteiger partial charge is 0.242 e. The summed E-state index contributed by atoms with van der Waals surface area (Å²) < 4.78 is 28.5. The molecule has 1 heterocycles. The van der Waals surface area contributed by atoms with Crippen molar-refractivity contribution >= 4 is 32.5 Å². The van der Waals surface area contributed by atoms with Gasteiger partial charge in [0.15, 0.2) is 15.4 Å². The summed E-state index contributed by atoms with van der Waals surface area (Å²) in [4.78, 5) is 16.3. The van der Waals surface area contributed by atoms with Gasteiger partial charge in [-0.05, 0) is 25.1 Å². The molecule has 7 heteroatoms. The third-order valence-electron chi connectivity index (χ3n) is 3.31. The molecule has 6 nitrogen and oxygen atoms in total. The first-order chi connectivity index (χ1) is 9.98. The number of fused-ring (bicyclic) bond motifs is 1. The van der Waals surface area contributed by atoms with Crippen LogP contribution in [0.3, 0.4) is 0 Å². The number of rotatable bonds is 3. The van der Waals surface area contributed by atoms with Crippen LogP contribution in [0.25, 0.3) is 11.1 Å². The molecule has 1 amide bonds. The normalized spacial score (nSPS) is 14.0. The van der Waals surface area contributed by atoms with Crippen molar-refractivity contribution in [2.24, 2.45) is 0 Å². The van der Waals surface area contributed by atoms with Crippen LogP contribution in [0.4, 0.5) is 5.69 Å². The van der Waals surface area contributed by atoms with Gasteiger partial charge < -0.3 is 9.73 Å². The van der Waals surface area contributed by atoms with E-state index in [9.17, 15) is 13.2 Å². The zero-order chi connectivity index (χ0) is 16.7. The van der Waals surface area contributed by atoms with Crippen molar-refractivity contribution < 1.29 is 17.6 Å². The van der Waals surface area contributed by atoms with Gasteiger partial charge in [-0.15, -0.1) is 0 Å². The third-order valence-corrected chi connectivity index (χ3v) is 4.81. The lowest BCUT2D eigenvalue weighted by molar-refractivity contribution is -0.115. The fraction of sp³-hybridized carbons (Fsp3) is 0.467. The first kappa shape index (κ1) is 16.5. The molecule has 2 aromatic rings. The van der Waals surface area contributed by atoms with Gasteiger partial charge in [0.05, 0.1) is 0 Å². The minimum absolute atomic E-state index is 0.215. The number of nitrogens with one attached hydrogen (secondary N) is 1. The molecule has 1 aromatic heterocycles. The molecule has 0 fully saturated rings. The molecule has 1 unspecified atom stereocenters. The van der Waals surface area contributed by atoms with E-state index in [1.54, 1.807) is 18.2 Å². The molecule has 22 heavy (non-hydrogen) atoms. The first-order valence-electron chi connectivity index (χ1n) is 6.89. The zero-order valence-electron chi connectivity index (χ0n) is 13.3. The standard InChI is InChI=1S/C15H20N2O4S/c1-9(22(5,19)20)13(18)16-10-6-7-12-11(8-10)17-14(21-12)15(2,3)4/h6-9H,1-5H3,(H,16,18). The van der Waals surface area contributed by atoms with Gasteiger partial charge in [-0.3, -0.25) is 4.79 Å². The van der Waals surface area contributed by atoms with E-state index in [1.165, 1.54) is 6.92 Å².